The van der Waals surface area contributed by atoms with Crippen molar-refractivity contribution < 1.29 is 142 Å². The number of phosphoric acid groups is 1. The minimum atomic E-state index is -5.58. The maximum absolute atomic E-state index is 12.5. The van der Waals surface area contributed by atoms with Crippen LogP contribution in [0.15, 0.2) is 42.6 Å². The van der Waals surface area contributed by atoms with E-state index in [-0.39, 0.29) is 99.0 Å². The Hall–Kier alpha value is 1.16. The van der Waals surface area contributed by atoms with Crippen molar-refractivity contribution in [1.29, 1.82) is 5.41 Å². The second-order valence-corrected chi connectivity index (χ2v) is 11.6. The van der Waals surface area contributed by atoms with E-state index in [4.69, 9.17) is 19.2 Å². The topological polar surface area (TPSA) is 239 Å². The van der Waals surface area contributed by atoms with Crippen LogP contribution in [0.3, 0.4) is 0 Å². The number of fused-ring (bicyclic) bond motifs is 1. The first kappa shape index (κ1) is 37.2. The van der Waals surface area contributed by atoms with Crippen LogP contribution in [0.25, 0.3) is 10.1 Å². The van der Waals surface area contributed by atoms with E-state index in [0.717, 1.165) is 28.2 Å². The van der Waals surface area contributed by atoms with Crippen LogP contribution in [0.4, 0.5) is 0 Å². The summed E-state index contributed by atoms with van der Waals surface area (Å²) in [5.41, 5.74) is -0.334. The van der Waals surface area contributed by atoms with Crippen molar-refractivity contribution in [2.75, 3.05) is 6.61 Å². The molecule has 1 saturated heterocycles. The van der Waals surface area contributed by atoms with Crippen LogP contribution in [-0.4, -0.2) is 49.6 Å². The average molecular weight is 615 g/mol. The minimum absolute atomic E-state index is 0. The number of aromatic nitrogens is 2. The number of phosphoric ester groups is 1. The van der Waals surface area contributed by atoms with Gasteiger partial charge in [0, 0.05) is 10.9 Å². The molecule has 0 saturated carbocycles. The largest absolute Gasteiger partial charge is 1.00 e. The number of aliphatic hydroxyl groups is 2. The van der Waals surface area contributed by atoms with Gasteiger partial charge in [0.15, 0.2) is 12.1 Å². The molecule has 4 N–H and O–H groups in total. The third kappa shape index (κ3) is 8.83. The fraction of sp³-hybridized carbons (Fsp3) is 0.333. The Morgan fingerprint density at radius 3 is 2.45 bits per heavy atom. The van der Waals surface area contributed by atoms with Gasteiger partial charge in [0.25, 0.3) is 0 Å². The second kappa shape index (κ2) is 15.1. The van der Waals surface area contributed by atoms with Crippen LogP contribution in [0.5, 0.6) is 6.01 Å². The van der Waals surface area contributed by atoms with Crippen LogP contribution in [-0.2, 0) is 18.3 Å². The normalized spacial score (nSPS) is 23.5. The number of nitrogens with zero attached hydrogens (tertiary/aromatic N) is 2. The zero-order valence-corrected chi connectivity index (χ0v) is 29.0. The number of ether oxygens (including phenoxy) is 1. The predicted octanol–water partition coefficient (Wildman–Crippen LogP) is -11.0. The zero-order chi connectivity index (χ0) is 25.5. The molecule has 0 aliphatic carbocycles. The summed E-state index contributed by atoms with van der Waals surface area (Å²) in [6.07, 6.45) is -5.15. The maximum atomic E-state index is 12.5. The molecule has 6 atom stereocenters. The van der Waals surface area contributed by atoms with Gasteiger partial charge in [-0.15, -0.1) is 19.3 Å². The van der Waals surface area contributed by atoms with Crippen LogP contribution in [0.2, 0.25) is 0 Å². The molecule has 38 heavy (non-hydrogen) atoms. The molecule has 2 aromatic heterocycles. The third-order valence-corrected chi connectivity index (χ3v) is 8.46. The molecule has 0 spiro atoms. The number of thiophene rings is 1. The van der Waals surface area contributed by atoms with Crippen LogP contribution >= 0.6 is 27.1 Å². The minimum Gasteiger partial charge on any atom is -0.846 e. The van der Waals surface area contributed by atoms with Gasteiger partial charge in [-0.1, -0.05) is 18.2 Å². The smallest absolute Gasteiger partial charge is 0.846 e. The number of nitrogens with one attached hydrogen (secondary N) is 1. The van der Waals surface area contributed by atoms with E-state index >= 15 is 0 Å². The SMILES string of the molecule is N=c1ccn([C@@H]2O[C@H](COP(=O)(O)OC(c3cc4ccccc4s3)[P+]([O-])([O-])[O-])[C@@H](O)[C@H]2O)c([O-])n1.[Na+].[Na+].[Na+]. The van der Waals surface area contributed by atoms with Gasteiger partial charge < -0.3 is 44.2 Å². The summed E-state index contributed by atoms with van der Waals surface area (Å²) in [5.74, 6) is -2.32. The van der Waals surface area contributed by atoms with Crippen LogP contribution < -0.4 is 114 Å². The number of aliphatic hydroxyl groups excluding tert-OH is 2. The van der Waals surface area contributed by atoms with Crippen molar-refractivity contribution in [3.05, 3.63) is 53.0 Å². The van der Waals surface area contributed by atoms with Gasteiger partial charge in [0.05, 0.1) is 17.5 Å². The van der Waals surface area contributed by atoms with Crippen molar-refractivity contribution >= 4 is 37.2 Å². The Morgan fingerprint density at radius 2 is 1.84 bits per heavy atom. The van der Waals surface area contributed by atoms with Crippen LogP contribution in [0.1, 0.15) is 17.0 Å². The van der Waals surface area contributed by atoms with E-state index in [0.29, 0.717) is 10.1 Å². The molecular formula is C18H18N3Na3O11P2S. The molecule has 14 nitrogen and oxygen atoms in total. The Balaban J connectivity index is 0.00000241. The molecule has 1 fully saturated rings. The first-order valence-electron chi connectivity index (χ1n) is 9.84. The number of rotatable bonds is 8. The Morgan fingerprint density at radius 1 is 1.18 bits per heavy atom. The standard InChI is InChI=1S/C18H21N3O11P2S.3Na/c19-13-5-6-21(18(24)20-13)16-15(23)14(22)10(31-16)8-30-34(28,29)32-17(33(25,26)27)12-7-9-3-1-2-4-11(9)35-12;;;/h1-7,10,14-17,22-23H,8H2,(H,28,29)(H2,19,20,24)(H2,25,26,27);;;/q;3*+1/p-3/t10-,14-,15-,16-,17?;;;/m1.../s1. The van der Waals surface area contributed by atoms with E-state index in [2.05, 4.69) is 4.98 Å². The predicted molar refractivity (Wildman–Crippen MR) is 112 cm³/mol. The summed E-state index contributed by atoms with van der Waals surface area (Å²) >= 11 is 0.883. The van der Waals surface area contributed by atoms with Gasteiger partial charge in [-0.05, 0) is 23.6 Å². The number of benzene rings is 1. The van der Waals surface area contributed by atoms with Gasteiger partial charge in [0.2, 0.25) is 0 Å². The Labute approximate surface area is 286 Å². The molecule has 3 aromatic rings. The molecule has 2 unspecified atom stereocenters. The molecule has 0 amide bonds. The molecule has 3 heterocycles. The van der Waals surface area contributed by atoms with E-state index in [1.54, 1.807) is 24.3 Å². The summed E-state index contributed by atoms with van der Waals surface area (Å²) in [4.78, 5) is 48.8. The third-order valence-electron chi connectivity index (χ3n) is 5.05. The van der Waals surface area contributed by atoms with E-state index in [1.807, 2.05) is 0 Å². The van der Waals surface area contributed by atoms with E-state index < -0.39 is 58.8 Å². The van der Waals surface area contributed by atoms with Crippen molar-refractivity contribution in [3.63, 3.8) is 0 Å². The van der Waals surface area contributed by atoms with E-state index in [9.17, 15) is 39.5 Å². The summed E-state index contributed by atoms with van der Waals surface area (Å²) in [6.45, 7) is -0.873. The molecular weight excluding hydrogens is 597 g/mol. The number of hydrogen-bond acceptors (Lipinski definition) is 13. The van der Waals surface area contributed by atoms with Gasteiger partial charge >= 0.3 is 96.5 Å². The van der Waals surface area contributed by atoms with E-state index in [1.165, 1.54) is 6.07 Å². The van der Waals surface area contributed by atoms with Crippen molar-refractivity contribution in [2.24, 2.45) is 0 Å². The maximum Gasteiger partial charge on any atom is 1.00 e. The molecule has 0 radical (unpaired) electrons. The van der Waals surface area contributed by atoms with Crippen molar-refractivity contribution in [2.45, 2.75) is 30.4 Å². The first-order valence-corrected chi connectivity index (χ1v) is 13.8. The fourth-order valence-electron chi connectivity index (χ4n) is 3.42. The molecule has 1 aliphatic rings. The first-order chi connectivity index (χ1) is 16.4. The average Bonchev–Trinajstić information content (AvgIpc) is 3.32. The molecule has 1 aliphatic heterocycles. The number of hydrogen-bond donors (Lipinski definition) is 4. The molecule has 190 valence electrons. The fourth-order valence-corrected chi connectivity index (χ4v) is 6.98. The van der Waals surface area contributed by atoms with Gasteiger partial charge in [-0.2, -0.15) is 0 Å². The van der Waals surface area contributed by atoms with Gasteiger partial charge in [0.1, 0.15) is 23.8 Å². The van der Waals surface area contributed by atoms with Crippen LogP contribution in [0, 0.1) is 5.41 Å². The summed E-state index contributed by atoms with van der Waals surface area (Å²) in [5, 5.41) is 40.3. The quantitative estimate of drug-likeness (QED) is 0.137. The second-order valence-electron chi connectivity index (χ2n) is 7.50. The van der Waals surface area contributed by atoms with Crippen molar-refractivity contribution in [1.82, 2.24) is 9.55 Å². The molecule has 4 rings (SSSR count). The molecule has 0 bridgehead atoms. The van der Waals surface area contributed by atoms with Gasteiger partial charge in [-0.3, -0.25) is 9.93 Å². The molecule has 20 heteroatoms. The summed E-state index contributed by atoms with van der Waals surface area (Å²) < 4.78 is 28.7. The molecule has 1 aromatic carbocycles. The van der Waals surface area contributed by atoms with Gasteiger partial charge in [-0.25, -0.2) is 14.1 Å². The van der Waals surface area contributed by atoms with Crippen molar-refractivity contribution in [3.8, 4) is 6.01 Å². The Bertz CT molecular complexity index is 1290. The summed E-state index contributed by atoms with van der Waals surface area (Å²) in [7, 11) is -10.8. The zero-order valence-electron chi connectivity index (χ0n) is 20.4. The monoisotopic (exact) mass is 615 g/mol. The summed E-state index contributed by atoms with van der Waals surface area (Å²) in [6, 6.07) is 8.22. The Kier molecular flexibility index (Phi) is 14.7.